The Bertz CT molecular complexity index is 570. The van der Waals surface area contributed by atoms with Gasteiger partial charge in [0.1, 0.15) is 6.04 Å². The molecule has 1 atom stereocenters. The smallest absolute Gasteiger partial charge is 0.329 e. The van der Waals surface area contributed by atoms with Crippen LogP contribution in [0.2, 0.25) is 0 Å². The fourth-order valence-electron chi connectivity index (χ4n) is 2.43. The number of fused-ring (bicyclic) bond motifs is 1. The van der Waals surface area contributed by atoms with Crippen LogP contribution >= 0.6 is 0 Å². The first-order valence-electron chi connectivity index (χ1n) is 6.60. The zero-order valence-corrected chi connectivity index (χ0v) is 11.4. The summed E-state index contributed by atoms with van der Waals surface area (Å²) in [6.45, 7) is 4.19. The number of ether oxygens (including phenoxy) is 2. The Morgan fingerprint density at radius 3 is 2.80 bits per heavy atom. The number of anilines is 1. The number of hydrogen-bond donors (Lipinski definition) is 1. The highest BCUT2D eigenvalue weighted by Crippen LogP contribution is 2.36. The molecular formula is C14H16N2O4. The van der Waals surface area contributed by atoms with E-state index in [1.807, 2.05) is 13.8 Å². The molecule has 0 aliphatic carbocycles. The maximum atomic E-state index is 12.3. The molecule has 106 valence electrons. The van der Waals surface area contributed by atoms with E-state index in [4.69, 9.17) is 9.47 Å². The highest BCUT2D eigenvalue weighted by molar-refractivity contribution is 6.21. The lowest BCUT2D eigenvalue weighted by Gasteiger charge is -2.14. The van der Waals surface area contributed by atoms with Gasteiger partial charge < -0.3 is 14.8 Å². The van der Waals surface area contributed by atoms with E-state index in [0.717, 1.165) is 4.90 Å². The largest absolute Gasteiger partial charge is 0.454 e. The van der Waals surface area contributed by atoms with Crippen LogP contribution < -0.4 is 19.7 Å². The summed E-state index contributed by atoms with van der Waals surface area (Å²) in [5, 5.41) is 2.72. The first-order chi connectivity index (χ1) is 9.56. The lowest BCUT2D eigenvalue weighted by molar-refractivity contribution is -0.118. The van der Waals surface area contributed by atoms with Crippen molar-refractivity contribution in [2.45, 2.75) is 26.3 Å². The van der Waals surface area contributed by atoms with Crippen molar-refractivity contribution < 1.29 is 19.1 Å². The van der Waals surface area contributed by atoms with Crippen molar-refractivity contribution in [2.24, 2.45) is 5.92 Å². The van der Waals surface area contributed by atoms with Crippen molar-refractivity contribution in [3.63, 3.8) is 0 Å². The van der Waals surface area contributed by atoms with Crippen LogP contribution in [0.3, 0.4) is 0 Å². The van der Waals surface area contributed by atoms with Gasteiger partial charge in [-0.05, 0) is 24.5 Å². The van der Waals surface area contributed by atoms with E-state index < -0.39 is 6.04 Å². The van der Waals surface area contributed by atoms with Gasteiger partial charge in [0.25, 0.3) is 5.91 Å². The molecule has 0 saturated carbocycles. The molecule has 6 heteroatoms. The Kier molecular flexibility index (Phi) is 3.00. The van der Waals surface area contributed by atoms with E-state index >= 15 is 0 Å². The van der Waals surface area contributed by atoms with Gasteiger partial charge in [-0.15, -0.1) is 0 Å². The number of urea groups is 1. The molecule has 1 aromatic rings. The first kappa shape index (κ1) is 12.8. The van der Waals surface area contributed by atoms with Crippen LogP contribution in [0.15, 0.2) is 18.2 Å². The van der Waals surface area contributed by atoms with Gasteiger partial charge in [0, 0.05) is 6.07 Å². The lowest BCUT2D eigenvalue weighted by atomic mass is 10.0. The molecule has 0 radical (unpaired) electrons. The van der Waals surface area contributed by atoms with Crippen molar-refractivity contribution in [1.29, 1.82) is 0 Å². The summed E-state index contributed by atoms with van der Waals surface area (Å²) in [5.41, 5.74) is 0.503. The fraction of sp³-hybridized carbons (Fsp3) is 0.429. The zero-order valence-electron chi connectivity index (χ0n) is 11.4. The van der Waals surface area contributed by atoms with Gasteiger partial charge in [-0.2, -0.15) is 0 Å². The number of benzene rings is 1. The van der Waals surface area contributed by atoms with Gasteiger partial charge in [0.05, 0.1) is 5.69 Å². The third-order valence-electron chi connectivity index (χ3n) is 3.34. The van der Waals surface area contributed by atoms with E-state index in [9.17, 15) is 9.59 Å². The maximum Gasteiger partial charge on any atom is 0.329 e. The number of nitrogens with one attached hydrogen (secondary N) is 1. The minimum atomic E-state index is -0.451. The van der Waals surface area contributed by atoms with Crippen LogP contribution in [-0.4, -0.2) is 24.8 Å². The van der Waals surface area contributed by atoms with Gasteiger partial charge >= 0.3 is 6.03 Å². The number of hydrogen-bond acceptors (Lipinski definition) is 4. The van der Waals surface area contributed by atoms with E-state index in [1.54, 1.807) is 18.2 Å². The zero-order chi connectivity index (χ0) is 14.3. The Morgan fingerprint density at radius 1 is 1.30 bits per heavy atom. The summed E-state index contributed by atoms with van der Waals surface area (Å²) in [4.78, 5) is 25.5. The Balaban J connectivity index is 1.86. The van der Waals surface area contributed by atoms with Gasteiger partial charge in [-0.3, -0.25) is 4.79 Å². The maximum absolute atomic E-state index is 12.3. The third-order valence-corrected chi connectivity index (χ3v) is 3.34. The number of amides is 3. The van der Waals surface area contributed by atoms with Crippen LogP contribution in [-0.2, 0) is 4.79 Å². The monoisotopic (exact) mass is 276 g/mol. The van der Waals surface area contributed by atoms with Gasteiger partial charge in [-0.1, -0.05) is 13.8 Å². The molecule has 0 bridgehead atoms. The highest BCUT2D eigenvalue weighted by Gasteiger charge is 2.39. The van der Waals surface area contributed by atoms with Crippen LogP contribution in [0.25, 0.3) is 0 Å². The predicted molar refractivity (Wildman–Crippen MR) is 71.8 cm³/mol. The van der Waals surface area contributed by atoms with Crippen molar-refractivity contribution in [2.75, 3.05) is 11.7 Å². The molecule has 1 saturated heterocycles. The fourth-order valence-corrected chi connectivity index (χ4v) is 2.43. The van der Waals surface area contributed by atoms with E-state index in [1.165, 1.54) is 0 Å². The Hall–Kier alpha value is -2.24. The number of rotatable bonds is 3. The quantitative estimate of drug-likeness (QED) is 0.856. The van der Waals surface area contributed by atoms with Gasteiger partial charge in [0.15, 0.2) is 11.5 Å². The molecule has 1 unspecified atom stereocenters. The standard InChI is InChI=1S/C14H16N2O4/c1-8(2)5-10-13(17)16(14(18)15-10)9-3-4-11-12(6-9)20-7-19-11/h3-4,6,8,10H,5,7H2,1-2H3,(H,15,18). The second-order valence-electron chi connectivity index (χ2n) is 5.34. The minimum Gasteiger partial charge on any atom is -0.454 e. The van der Waals surface area contributed by atoms with Gasteiger partial charge in [-0.25, -0.2) is 9.69 Å². The molecule has 0 aromatic heterocycles. The summed E-state index contributed by atoms with van der Waals surface area (Å²) in [6.07, 6.45) is 0.631. The Labute approximate surface area is 116 Å². The van der Waals surface area contributed by atoms with Crippen molar-refractivity contribution in [1.82, 2.24) is 5.32 Å². The second-order valence-corrected chi connectivity index (χ2v) is 5.34. The van der Waals surface area contributed by atoms with Crippen molar-refractivity contribution in [3.8, 4) is 11.5 Å². The third kappa shape index (κ3) is 2.07. The number of imide groups is 1. The Morgan fingerprint density at radius 2 is 2.05 bits per heavy atom. The average Bonchev–Trinajstić information content (AvgIpc) is 2.94. The molecule has 2 aliphatic heterocycles. The van der Waals surface area contributed by atoms with Crippen LogP contribution in [0, 0.1) is 5.92 Å². The van der Waals surface area contributed by atoms with Gasteiger partial charge in [0.2, 0.25) is 6.79 Å². The molecule has 20 heavy (non-hydrogen) atoms. The molecule has 6 nitrogen and oxygen atoms in total. The summed E-state index contributed by atoms with van der Waals surface area (Å²) < 4.78 is 10.5. The van der Waals surface area contributed by atoms with Crippen LogP contribution in [0.4, 0.5) is 10.5 Å². The van der Waals surface area contributed by atoms with Crippen molar-refractivity contribution >= 4 is 17.6 Å². The molecule has 2 heterocycles. The summed E-state index contributed by atoms with van der Waals surface area (Å²) in [6, 6.07) is 4.20. The molecule has 1 fully saturated rings. The minimum absolute atomic E-state index is 0.162. The summed E-state index contributed by atoms with van der Waals surface area (Å²) in [5.74, 6) is 1.29. The molecule has 0 spiro atoms. The molecule has 1 aromatic carbocycles. The van der Waals surface area contributed by atoms with Crippen LogP contribution in [0.1, 0.15) is 20.3 Å². The SMILES string of the molecule is CC(C)CC1NC(=O)N(c2ccc3c(c2)OCO3)C1=O. The molecule has 3 rings (SSSR count). The van der Waals surface area contributed by atoms with Crippen molar-refractivity contribution in [3.05, 3.63) is 18.2 Å². The lowest BCUT2D eigenvalue weighted by Crippen LogP contribution is -2.31. The average molecular weight is 276 g/mol. The second kappa shape index (κ2) is 4.70. The highest BCUT2D eigenvalue weighted by atomic mass is 16.7. The van der Waals surface area contributed by atoms with E-state index in [0.29, 0.717) is 29.5 Å². The number of nitrogens with zero attached hydrogens (tertiary/aromatic N) is 1. The molecule has 2 aliphatic rings. The predicted octanol–water partition coefficient (Wildman–Crippen LogP) is 1.89. The van der Waals surface area contributed by atoms with E-state index in [-0.39, 0.29) is 18.7 Å². The molecule has 3 amide bonds. The number of carbonyl (C=O) groups is 2. The summed E-state index contributed by atoms with van der Waals surface area (Å²) in [7, 11) is 0. The van der Waals surface area contributed by atoms with E-state index in [2.05, 4.69) is 5.32 Å². The molecular weight excluding hydrogens is 260 g/mol. The topological polar surface area (TPSA) is 67.9 Å². The number of carbonyl (C=O) groups excluding carboxylic acids is 2. The normalized spacial score (nSPS) is 20.8. The van der Waals surface area contributed by atoms with Crippen LogP contribution in [0.5, 0.6) is 11.5 Å². The molecule has 1 N–H and O–H groups in total. The first-order valence-corrected chi connectivity index (χ1v) is 6.60. The summed E-state index contributed by atoms with van der Waals surface area (Å²) >= 11 is 0.